The number of benzene rings is 10. The molecule has 0 unspecified atom stereocenters. The van der Waals surface area contributed by atoms with E-state index in [9.17, 15) is 0 Å². The van der Waals surface area contributed by atoms with Crippen molar-refractivity contribution in [3.8, 4) is 67.8 Å². The summed E-state index contributed by atoms with van der Waals surface area (Å²) in [6, 6.07) is 83.3. The van der Waals surface area contributed by atoms with Crippen LogP contribution in [-0.4, -0.2) is 24.1 Å². The minimum Gasteiger partial charge on any atom is -0.454 e. The summed E-state index contributed by atoms with van der Waals surface area (Å²) in [6.45, 7) is 0. The van der Waals surface area contributed by atoms with E-state index in [0.717, 1.165) is 99.5 Å². The molecule has 0 spiro atoms. The van der Waals surface area contributed by atoms with Crippen molar-refractivity contribution >= 4 is 65.6 Å². The van der Waals surface area contributed by atoms with Gasteiger partial charge in [0.15, 0.2) is 23.1 Å². The van der Waals surface area contributed by atoms with Crippen molar-refractivity contribution in [3.63, 3.8) is 0 Å². The summed E-state index contributed by atoms with van der Waals surface area (Å²) in [5.41, 5.74) is 15.4. The molecular formula is C63H39N5O. The van der Waals surface area contributed by atoms with Crippen LogP contribution in [0.3, 0.4) is 0 Å². The second kappa shape index (κ2) is 15.6. The van der Waals surface area contributed by atoms with Gasteiger partial charge in [0.25, 0.3) is 0 Å². The van der Waals surface area contributed by atoms with E-state index >= 15 is 0 Å². The van der Waals surface area contributed by atoms with E-state index in [2.05, 4.69) is 197 Å². The average Bonchev–Trinajstić information content (AvgIpc) is 4.08. The van der Waals surface area contributed by atoms with Gasteiger partial charge in [0.05, 0.1) is 27.8 Å². The van der Waals surface area contributed by atoms with Gasteiger partial charge >= 0.3 is 0 Å². The van der Waals surface area contributed by atoms with Gasteiger partial charge in [-0.1, -0.05) is 176 Å². The van der Waals surface area contributed by atoms with Crippen molar-refractivity contribution in [2.24, 2.45) is 0 Å². The average molecular weight is 882 g/mol. The molecule has 0 fully saturated rings. The van der Waals surface area contributed by atoms with Crippen molar-refractivity contribution < 1.29 is 4.42 Å². The monoisotopic (exact) mass is 881 g/mol. The molecule has 0 saturated carbocycles. The Labute approximate surface area is 396 Å². The number of furan rings is 1. The zero-order valence-electron chi connectivity index (χ0n) is 37.2. The molecule has 14 rings (SSSR count). The van der Waals surface area contributed by atoms with Crippen LogP contribution in [0.5, 0.6) is 0 Å². The molecule has 322 valence electrons. The first kappa shape index (κ1) is 38.8. The molecule has 0 aliphatic carbocycles. The number of hydrogen-bond acceptors (Lipinski definition) is 4. The maximum Gasteiger partial charge on any atom is 0.164 e. The van der Waals surface area contributed by atoms with Crippen LogP contribution in [0.15, 0.2) is 241 Å². The molecule has 0 aliphatic heterocycles. The molecule has 0 aliphatic rings. The van der Waals surface area contributed by atoms with Crippen molar-refractivity contribution in [2.75, 3.05) is 0 Å². The first-order chi connectivity index (χ1) is 34.2. The van der Waals surface area contributed by atoms with E-state index in [4.69, 9.17) is 19.4 Å². The fourth-order valence-corrected chi connectivity index (χ4v) is 10.4. The van der Waals surface area contributed by atoms with Gasteiger partial charge < -0.3 is 13.6 Å². The van der Waals surface area contributed by atoms with Crippen LogP contribution >= 0.6 is 0 Å². The summed E-state index contributed by atoms with van der Waals surface area (Å²) in [5, 5.41) is 6.60. The molecule has 6 heteroatoms. The molecule has 10 aromatic carbocycles. The third kappa shape index (κ3) is 6.30. The molecule has 69 heavy (non-hydrogen) atoms. The summed E-state index contributed by atoms with van der Waals surface area (Å²) >= 11 is 0. The lowest BCUT2D eigenvalue weighted by molar-refractivity contribution is 0.666. The summed E-state index contributed by atoms with van der Waals surface area (Å²) in [6.07, 6.45) is 0. The highest BCUT2D eigenvalue weighted by Crippen LogP contribution is 2.45. The lowest BCUT2D eigenvalue weighted by Gasteiger charge is -2.13. The van der Waals surface area contributed by atoms with E-state index in [1.54, 1.807) is 0 Å². The number of rotatable bonds is 7. The van der Waals surface area contributed by atoms with Gasteiger partial charge in [-0.2, -0.15) is 0 Å². The number of fused-ring (bicyclic) bond motifs is 9. The largest absolute Gasteiger partial charge is 0.454 e. The highest BCUT2D eigenvalue weighted by molar-refractivity contribution is 6.21. The molecular weight excluding hydrogens is 843 g/mol. The van der Waals surface area contributed by atoms with E-state index in [0.29, 0.717) is 17.5 Å². The summed E-state index contributed by atoms with van der Waals surface area (Å²) < 4.78 is 11.9. The van der Waals surface area contributed by atoms with E-state index in [1.165, 1.54) is 16.3 Å². The lowest BCUT2D eigenvalue weighted by atomic mass is 10.0. The summed E-state index contributed by atoms with van der Waals surface area (Å²) in [4.78, 5) is 15.6. The predicted molar refractivity (Wildman–Crippen MR) is 283 cm³/mol. The highest BCUT2D eigenvalue weighted by Gasteiger charge is 2.25. The minimum atomic E-state index is 0.569. The van der Waals surface area contributed by atoms with Gasteiger partial charge in [-0.05, 0) is 82.9 Å². The molecule has 0 radical (unpaired) electrons. The first-order valence-electron chi connectivity index (χ1n) is 23.3. The normalized spacial score (nSPS) is 11.8. The van der Waals surface area contributed by atoms with E-state index < -0.39 is 0 Å². The summed E-state index contributed by atoms with van der Waals surface area (Å²) in [5.74, 6) is 1.76. The fourth-order valence-electron chi connectivity index (χ4n) is 10.4. The van der Waals surface area contributed by atoms with Crippen LogP contribution in [0, 0.1) is 0 Å². The van der Waals surface area contributed by atoms with Crippen molar-refractivity contribution in [3.05, 3.63) is 237 Å². The van der Waals surface area contributed by atoms with Crippen molar-refractivity contribution in [1.82, 2.24) is 24.1 Å². The number of hydrogen-bond donors (Lipinski definition) is 0. The second-order valence-electron chi connectivity index (χ2n) is 17.6. The molecule has 4 aromatic heterocycles. The third-order valence-electron chi connectivity index (χ3n) is 13.6. The molecule has 6 nitrogen and oxygen atoms in total. The molecule has 0 N–H and O–H groups in total. The van der Waals surface area contributed by atoms with Crippen LogP contribution in [0.1, 0.15) is 0 Å². The van der Waals surface area contributed by atoms with Gasteiger partial charge in [0, 0.05) is 54.7 Å². The molecule has 4 heterocycles. The van der Waals surface area contributed by atoms with Crippen LogP contribution in [-0.2, 0) is 0 Å². The van der Waals surface area contributed by atoms with E-state index in [-0.39, 0.29) is 0 Å². The standard InChI is InChI=1S/C63H39N5O/c1-5-17-40(18-6-1)42-29-31-44(32-30-42)62-64-61(43-21-9-3-10-22-43)65-63(66-62)49-34-36-55(60-59(49)48-26-14-16-28-58(48)69-60)68-54-35-33-45(41-19-7-2-8-20-41)37-50(54)52-39-56-51(38-57(52)68)47-25-13-15-27-53(47)67(56)46-23-11-4-12-24-46/h1-39H. The smallest absolute Gasteiger partial charge is 0.164 e. The van der Waals surface area contributed by atoms with Gasteiger partial charge in [-0.25, -0.2) is 15.0 Å². The summed E-state index contributed by atoms with van der Waals surface area (Å²) in [7, 11) is 0. The number of aromatic nitrogens is 5. The Balaban J connectivity index is 1.04. The Morgan fingerprint density at radius 1 is 0.304 bits per heavy atom. The van der Waals surface area contributed by atoms with Gasteiger partial charge in [0.2, 0.25) is 0 Å². The predicted octanol–water partition coefficient (Wildman–Crippen LogP) is 16.3. The van der Waals surface area contributed by atoms with Crippen molar-refractivity contribution in [1.29, 1.82) is 0 Å². The van der Waals surface area contributed by atoms with Gasteiger partial charge in [0.1, 0.15) is 5.58 Å². The molecule has 0 bridgehead atoms. The Bertz CT molecular complexity index is 4270. The highest BCUT2D eigenvalue weighted by atomic mass is 16.3. The van der Waals surface area contributed by atoms with Gasteiger partial charge in [-0.3, -0.25) is 0 Å². The fraction of sp³-hybridized carbons (Fsp3) is 0. The molecule has 0 amide bonds. The molecule has 0 atom stereocenters. The Hall–Kier alpha value is -9.39. The lowest BCUT2D eigenvalue weighted by Crippen LogP contribution is -2.01. The zero-order valence-corrected chi connectivity index (χ0v) is 37.2. The maximum absolute atomic E-state index is 7.07. The SMILES string of the molecule is c1ccc(-c2ccc(-c3nc(-c4ccccc4)nc(-c4ccc(-n5c6ccc(-c7ccccc7)cc6c6cc7c(cc65)c5ccccc5n7-c5ccccc5)c5oc6ccccc6c45)n3)cc2)cc1. The van der Waals surface area contributed by atoms with E-state index in [1.807, 2.05) is 48.5 Å². The van der Waals surface area contributed by atoms with Crippen LogP contribution in [0.25, 0.3) is 133 Å². The quantitative estimate of drug-likeness (QED) is 0.160. The Morgan fingerprint density at radius 3 is 1.49 bits per heavy atom. The molecule has 0 saturated heterocycles. The Morgan fingerprint density at radius 2 is 0.783 bits per heavy atom. The van der Waals surface area contributed by atoms with Crippen LogP contribution < -0.4 is 0 Å². The zero-order chi connectivity index (χ0) is 45.4. The van der Waals surface area contributed by atoms with Crippen molar-refractivity contribution in [2.45, 2.75) is 0 Å². The van der Waals surface area contributed by atoms with Crippen LogP contribution in [0.2, 0.25) is 0 Å². The third-order valence-corrected chi connectivity index (χ3v) is 13.6. The second-order valence-corrected chi connectivity index (χ2v) is 17.6. The molecule has 14 aromatic rings. The minimum absolute atomic E-state index is 0.569. The Kier molecular flexibility index (Phi) is 8.79. The van der Waals surface area contributed by atoms with Crippen LogP contribution in [0.4, 0.5) is 0 Å². The number of nitrogens with zero attached hydrogens (tertiary/aromatic N) is 5. The maximum atomic E-state index is 7.07. The first-order valence-corrected chi connectivity index (χ1v) is 23.3. The number of para-hydroxylation sites is 3. The topological polar surface area (TPSA) is 61.7 Å². The van der Waals surface area contributed by atoms with Gasteiger partial charge in [-0.15, -0.1) is 0 Å².